The van der Waals surface area contributed by atoms with Gasteiger partial charge in [0.1, 0.15) is 9.68 Å². The van der Waals surface area contributed by atoms with Crippen molar-refractivity contribution in [3.05, 3.63) is 11.8 Å². The fourth-order valence-corrected chi connectivity index (χ4v) is 1.44. The summed E-state index contributed by atoms with van der Waals surface area (Å²) in [5.74, 6) is 0. The maximum absolute atomic E-state index is 4.01. The molecule has 0 saturated carbocycles. The van der Waals surface area contributed by atoms with E-state index in [-0.39, 0.29) is 9.68 Å². The third-order valence-corrected chi connectivity index (χ3v) is 3.29. The highest BCUT2D eigenvalue weighted by Crippen LogP contribution is 2.21. The lowest BCUT2D eigenvalue weighted by molar-refractivity contribution is 0.529. The molecule has 0 radical (unpaired) electrons. The fraction of sp³-hybridized carbons (Fsp3) is 0.714. The number of allylic oxidation sites excluding steroid dienone is 1. The molecule has 0 rings (SSSR count). The van der Waals surface area contributed by atoms with Gasteiger partial charge in [-0.3, -0.25) is 0 Å². The molecule has 2 heteroatoms. The average molecular weight is 143 g/mol. The molecular weight excluding hydrogens is 126 g/mol. The lowest BCUT2D eigenvalue weighted by atomic mass is 9.97. The van der Waals surface area contributed by atoms with E-state index in [1.165, 1.54) is 5.20 Å². The third kappa shape index (κ3) is 3.49. The van der Waals surface area contributed by atoms with Crippen LogP contribution >= 0.6 is 0 Å². The van der Waals surface area contributed by atoms with Crippen molar-refractivity contribution < 1.29 is 0 Å². The van der Waals surface area contributed by atoms with Gasteiger partial charge >= 0.3 is 0 Å². The summed E-state index contributed by atoms with van der Waals surface area (Å²) in [5.41, 5.74) is 0.315. The minimum atomic E-state index is -0.203. The first-order valence-electron chi connectivity index (χ1n) is 3.31. The van der Waals surface area contributed by atoms with Crippen molar-refractivity contribution in [1.82, 2.24) is 4.98 Å². The summed E-state index contributed by atoms with van der Waals surface area (Å²) in [4.78, 5) is 3.21. The molecule has 0 aliphatic carbocycles. The Hall–Kier alpha value is -0.0831. The molecule has 0 aliphatic rings. The maximum atomic E-state index is 4.01. The Kier molecular flexibility index (Phi) is 3.15. The van der Waals surface area contributed by atoms with Crippen molar-refractivity contribution >= 4 is 9.68 Å². The summed E-state index contributed by atoms with van der Waals surface area (Å²) >= 11 is 0. The summed E-state index contributed by atoms with van der Waals surface area (Å²) in [6, 6.07) is 0. The minimum absolute atomic E-state index is 0.203. The van der Waals surface area contributed by atoms with E-state index >= 15 is 0 Å². The Morgan fingerprint density at radius 1 is 1.44 bits per heavy atom. The van der Waals surface area contributed by atoms with E-state index in [4.69, 9.17) is 0 Å². The first-order chi connectivity index (χ1) is 3.98. The average Bonchev–Trinajstić information content (AvgIpc) is 1.64. The van der Waals surface area contributed by atoms with Crippen LogP contribution in [0.25, 0.3) is 0 Å². The van der Waals surface area contributed by atoms with E-state index in [1.54, 1.807) is 0 Å². The van der Waals surface area contributed by atoms with Gasteiger partial charge in [0, 0.05) is 0 Å². The van der Waals surface area contributed by atoms with E-state index in [0.717, 1.165) is 0 Å². The van der Waals surface area contributed by atoms with E-state index in [9.17, 15) is 0 Å². The lowest BCUT2D eigenvalue weighted by Crippen LogP contribution is -2.23. The Labute approximate surface area is 60.4 Å². The third-order valence-electron chi connectivity index (χ3n) is 1.45. The Morgan fingerprint density at radius 3 is 2.00 bits per heavy atom. The Balaban J connectivity index is 3.74. The van der Waals surface area contributed by atoms with Crippen LogP contribution in [0.4, 0.5) is 0 Å². The smallest absolute Gasteiger partial charge is 0.119 e. The van der Waals surface area contributed by atoms with Crippen molar-refractivity contribution in [3.63, 3.8) is 0 Å². The molecular formula is C7H17NSi. The number of hydrogen-bond donors (Lipinski definition) is 1. The monoisotopic (exact) mass is 143 g/mol. The van der Waals surface area contributed by atoms with Gasteiger partial charge in [-0.05, 0) is 12.5 Å². The summed E-state index contributed by atoms with van der Waals surface area (Å²) in [6.07, 6.45) is 0. The molecule has 0 heterocycles. The second-order valence-corrected chi connectivity index (χ2v) is 5.30. The van der Waals surface area contributed by atoms with E-state index in [0.29, 0.717) is 5.41 Å². The quantitative estimate of drug-likeness (QED) is 0.565. The van der Waals surface area contributed by atoms with Crippen LogP contribution in [0.5, 0.6) is 0 Å². The number of hydrogen-bond acceptors (Lipinski definition) is 1. The van der Waals surface area contributed by atoms with Crippen molar-refractivity contribution in [3.8, 4) is 0 Å². The molecule has 0 aromatic heterocycles. The summed E-state index contributed by atoms with van der Waals surface area (Å²) < 4.78 is 0. The minimum Gasteiger partial charge on any atom is -0.342 e. The highest BCUT2D eigenvalue weighted by atomic mass is 28.2. The van der Waals surface area contributed by atoms with E-state index in [2.05, 4.69) is 32.3 Å². The molecule has 9 heavy (non-hydrogen) atoms. The van der Waals surface area contributed by atoms with Crippen LogP contribution < -0.4 is 4.98 Å². The van der Waals surface area contributed by atoms with Gasteiger partial charge in [-0.15, -0.1) is 6.58 Å². The van der Waals surface area contributed by atoms with Crippen LogP contribution in [0.15, 0.2) is 11.8 Å². The van der Waals surface area contributed by atoms with Crippen LogP contribution in [0.1, 0.15) is 20.8 Å². The predicted octanol–water partition coefficient (Wildman–Crippen LogP) is 0.849. The van der Waals surface area contributed by atoms with Gasteiger partial charge in [0.25, 0.3) is 0 Å². The fourth-order valence-electron chi connectivity index (χ4n) is 0.479. The molecule has 0 spiro atoms. The van der Waals surface area contributed by atoms with Gasteiger partial charge < -0.3 is 4.98 Å². The van der Waals surface area contributed by atoms with Gasteiger partial charge in [0.2, 0.25) is 0 Å². The molecule has 0 aromatic carbocycles. The molecule has 54 valence electrons. The first-order valence-corrected chi connectivity index (χ1v) is 4.72. The normalized spacial score (nSPS) is 12.9. The van der Waals surface area contributed by atoms with Crippen LogP contribution in [0.3, 0.4) is 0 Å². The van der Waals surface area contributed by atoms with Gasteiger partial charge in [-0.1, -0.05) is 26.0 Å². The zero-order chi connectivity index (χ0) is 7.49. The zero-order valence-electron chi connectivity index (χ0n) is 6.91. The van der Waals surface area contributed by atoms with Crippen molar-refractivity contribution in [2.24, 2.45) is 5.41 Å². The summed E-state index contributed by atoms with van der Waals surface area (Å²) in [7, 11) is 1.80. The standard InChI is InChI=1S/C7H17NSi/c1-6(9-8-5)7(2,3)4/h8H,1,9H2,2-5H3. The SMILES string of the molecule is C=C([SiH2]NC)C(C)(C)C. The Morgan fingerprint density at radius 2 is 1.89 bits per heavy atom. The molecule has 0 saturated heterocycles. The van der Waals surface area contributed by atoms with Gasteiger partial charge in [-0.25, -0.2) is 0 Å². The molecule has 0 aromatic rings. The number of rotatable bonds is 2. The van der Waals surface area contributed by atoms with Crippen LogP contribution in [-0.2, 0) is 0 Å². The summed E-state index contributed by atoms with van der Waals surface area (Å²) in [6.45, 7) is 10.6. The molecule has 0 fully saturated rings. The molecule has 0 atom stereocenters. The highest BCUT2D eigenvalue weighted by molar-refractivity contribution is 6.42. The molecule has 0 bridgehead atoms. The lowest BCUT2D eigenvalue weighted by Gasteiger charge is -2.20. The van der Waals surface area contributed by atoms with Crippen molar-refractivity contribution in [1.29, 1.82) is 0 Å². The molecule has 0 aliphatic heterocycles. The maximum Gasteiger partial charge on any atom is 0.119 e. The number of nitrogens with one attached hydrogen (secondary N) is 1. The molecule has 1 N–H and O–H groups in total. The zero-order valence-corrected chi connectivity index (χ0v) is 8.33. The molecule has 0 amide bonds. The Bertz CT molecular complexity index is 102. The second kappa shape index (κ2) is 3.18. The highest BCUT2D eigenvalue weighted by Gasteiger charge is 2.13. The van der Waals surface area contributed by atoms with Gasteiger partial charge in [0.05, 0.1) is 0 Å². The topological polar surface area (TPSA) is 12.0 Å². The second-order valence-electron chi connectivity index (χ2n) is 3.38. The first kappa shape index (κ1) is 8.92. The van der Waals surface area contributed by atoms with Crippen LogP contribution in [0.2, 0.25) is 0 Å². The largest absolute Gasteiger partial charge is 0.342 e. The van der Waals surface area contributed by atoms with Gasteiger partial charge in [-0.2, -0.15) is 0 Å². The molecule has 1 nitrogen and oxygen atoms in total. The van der Waals surface area contributed by atoms with Crippen molar-refractivity contribution in [2.75, 3.05) is 7.05 Å². The van der Waals surface area contributed by atoms with Gasteiger partial charge in [0.15, 0.2) is 0 Å². The van der Waals surface area contributed by atoms with Crippen LogP contribution in [-0.4, -0.2) is 16.7 Å². The molecule has 0 unspecified atom stereocenters. The summed E-state index contributed by atoms with van der Waals surface area (Å²) in [5, 5.41) is 1.39. The van der Waals surface area contributed by atoms with E-state index < -0.39 is 0 Å². The van der Waals surface area contributed by atoms with Crippen LogP contribution in [0, 0.1) is 5.41 Å². The van der Waals surface area contributed by atoms with E-state index in [1.807, 2.05) is 7.05 Å². The predicted molar refractivity (Wildman–Crippen MR) is 46.2 cm³/mol. The van der Waals surface area contributed by atoms with Crippen molar-refractivity contribution in [2.45, 2.75) is 20.8 Å².